The van der Waals surface area contributed by atoms with Gasteiger partial charge in [-0.15, -0.1) is 0 Å². The number of likely N-dealkylation sites (tertiary alicyclic amines) is 2. The lowest BCUT2D eigenvalue weighted by molar-refractivity contribution is -0.120. The van der Waals surface area contributed by atoms with Gasteiger partial charge >= 0.3 is 6.03 Å². The average molecular weight is 755 g/mol. The van der Waals surface area contributed by atoms with Gasteiger partial charge in [0.15, 0.2) is 0 Å². The number of halogens is 1. The third kappa shape index (κ3) is 8.28. The summed E-state index contributed by atoms with van der Waals surface area (Å²) in [6.07, 6.45) is 7.12. The molecular weight excluding hydrogens is 708 g/mol. The number of benzene rings is 2. The lowest BCUT2D eigenvalue weighted by Crippen LogP contribution is -2.49. The molecule has 7 rings (SSSR count). The molecular formula is C40H47ClN8O5. The molecule has 0 spiro atoms. The molecule has 0 aliphatic carbocycles. The molecule has 3 fully saturated rings. The zero-order chi connectivity index (χ0) is 38.1. The minimum absolute atomic E-state index is 0.0787. The predicted molar refractivity (Wildman–Crippen MR) is 207 cm³/mol. The molecule has 2 aromatic carbocycles. The van der Waals surface area contributed by atoms with Crippen LogP contribution in [-0.4, -0.2) is 92.7 Å². The number of aryl methyl sites for hydroxylation is 1. The largest absolute Gasteiger partial charge is 0.386 e. The van der Waals surface area contributed by atoms with E-state index in [2.05, 4.69) is 20.5 Å². The average Bonchev–Trinajstić information content (AvgIpc) is 3.57. The maximum atomic E-state index is 13.4. The molecule has 3 N–H and O–H groups in total. The molecule has 5 heterocycles. The first-order valence-corrected chi connectivity index (χ1v) is 19.1. The summed E-state index contributed by atoms with van der Waals surface area (Å²) in [6, 6.07) is 13.8. The Balaban J connectivity index is 0.905. The van der Waals surface area contributed by atoms with E-state index in [1.807, 2.05) is 40.9 Å². The second-order valence-electron chi connectivity index (χ2n) is 15.3. The number of carbonyl (C=O) groups is 4. The van der Waals surface area contributed by atoms with E-state index < -0.39 is 11.6 Å². The van der Waals surface area contributed by atoms with Crippen LogP contribution in [0.3, 0.4) is 0 Å². The van der Waals surface area contributed by atoms with Gasteiger partial charge in [-0.1, -0.05) is 17.7 Å². The number of nitrogens with zero attached hydrogens (tertiary/aromatic N) is 6. The highest BCUT2D eigenvalue weighted by Crippen LogP contribution is 2.34. The first kappa shape index (κ1) is 37.5. The quantitative estimate of drug-likeness (QED) is 0.191. The van der Waals surface area contributed by atoms with Crippen molar-refractivity contribution in [3.8, 4) is 0 Å². The monoisotopic (exact) mass is 754 g/mol. The van der Waals surface area contributed by atoms with Crippen molar-refractivity contribution >= 4 is 57.6 Å². The summed E-state index contributed by atoms with van der Waals surface area (Å²) in [5.41, 5.74) is 2.68. The molecule has 3 aliphatic heterocycles. The standard InChI is InChI=1S/C40H47ClN8O5/c1-25-5-4-6-32(42-25)37(51)43-34-21-28-24-49(45-33(28)23-30(34)40(2,3)54)29-12-16-46(17-13-29)15-9-26-10-18-47(19-11-26)38(52)27-7-8-31(41)35(22-27)48-20-14-36(50)44-39(48)53/h4-8,21-24,26,29,54H,9-20H2,1-3H3,(H,43,51)(H,44,50,53). The van der Waals surface area contributed by atoms with Gasteiger partial charge < -0.3 is 20.2 Å². The second-order valence-corrected chi connectivity index (χ2v) is 15.7. The van der Waals surface area contributed by atoms with Crippen LogP contribution in [0.15, 0.2) is 54.7 Å². The number of nitrogens with one attached hydrogen (secondary N) is 2. The lowest BCUT2D eigenvalue weighted by atomic mass is 9.92. The minimum atomic E-state index is -1.20. The van der Waals surface area contributed by atoms with E-state index in [4.69, 9.17) is 16.7 Å². The number of amides is 5. The Morgan fingerprint density at radius 3 is 2.46 bits per heavy atom. The lowest BCUT2D eigenvalue weighted by Gasteiger charge is -2.35. The van der Waals surface area contributed by atoms with E-state index in [0.717, 1.165) is 68.3 Å². The molecule has 4 aromatic rings. The van der Waals surface area contributed by atoms with Crippen LogP contribution in [0.1, 0.15) is 90.5 Å². The van der Waals surface area contributed by atoms with E-state index in [0.29, 0.717) is 52.2 Å². The van der Waals surface area contributed by atoms with Crippen molar-refractivity contribution in [3.63, 3.8) is 0 Å². The van der Waals surface area contributed by atoms with Crippen LogP contribution in [0.5, 0.6) is 0 Å². The van der Waals surface area contributed by atoms with Crippen molar-refractivity contribution in [3.05, 3.63) is 82.3 Å². The number of piperidine rings is 2. The fourth-order valence-corrected chi connectivity index (χ4v) is 7.99. The van der Waals surface area contributed by atoms with Crippen LogP contribution in [0, 0.1) is 12.8 Å². The number of aliphatic hydroxyl groups is 1. The summed E-state index contributed by atoms with van der Waals surface area (Å²) >= 11 is 6.39. The van der Waals surface area contributed by atoms with Gasteiger partial charge in [-0.3, -0.25) is 29.3 Å². The van der Waals surface area contributed by atoms with Crippen LogP contribution >= 0.6 is 11.6 Å². The van der Waals surface area contributed by atoms with Crippen molar-refractivity contribution in [2.24, 2.45) is 5.92 Å². The van der Waals surface area contributed by atoms with Crippen molar-refractivity contribution in [2.75, 3.05) is 49.5 Å². The molecule has 14 heteroatoms. The van der Waals surface area contributed by atoms with E-state index in [1.165, 1.54) is 4.90 Å². The number of hydrogen-bond donors (Lipinski definition) is 3. The number of anilines is 2. The molecule has 0 radical (unpaired) electrons. The Kier molecular flexibility index (Phi) is 10.7. The number of hydrogen-bond acceptors (Lipinski definition) is 8. The fourth-order valence-electron chi connectivity index (χ4n) is 7.77. The highest BCUT2D eigenvalue weighted by molar-refractivity contribution is 6.34. The summed E-state index contributed by atoms with van der Waals surface area (Å²) in [4.78, 5) is 60.7. The van der Waals surface area contributed by atoms with Crippen LogP contribution in [0.4, 0.5) is 16.2 Å². The van der Waals surface area contributed by atoms with E-state index in [-0.39, 0.29) is 36.7 Å². The molecule has 13 nitrogen and oxygen atoms in total. The SMILES string of the molecule is Cc1cccc(C(=O)Nc2cc3cn(C4CCN(CCC5CCN(C(=O)c6ccc(Cl)c(N7CCC(=O)NC7=O)c6)CC5)CC4)nc3cc2C(C)(C)O)n1. The number of rotatable bonds is 9. The number of aromatic nitrogens is 3. The summed E-state index contributed by atoms with van der Waals surface area (Å²) in [6.45, 7) is 9.77. The summed E-state index contributed by atoms with van der Waals surface area (Å²) in [5.74, 6) is -0.194. The number of carbonyl (C=O) groups excluding carboxylic acids is 4. The topological polar surface area (TPSA) is 153 Å². The first-order chi connectivity index (χ1) is 25.8. The zero-order valence-electron chi connectivity index (χ0n) is 31.0. The maximum absolute atomic E-state index is 13.4. The van der Waals surface area contributed by atoms with Gasteiger partial charge in [0.25, 0.3) is 11.8 Å². The van der Waals surface area contributed by atoms with Crippen molar-refractivity contribution in [1.29, 1.82) is 0 Å². The predicted octanol–water partition coefficient (Wildman–Crippen LogP) is 5.90. The highest BCUT2D eigenvalue weighted by Gasteiger charge is 2.30. The van der Waals surface area contributed by atoms with Gasteiger partial charge in [0.05, 0.1) is 27.9 Å². The molecule has 0 atom stereocenters. The van der Waals surface area contributed by atoms with Gasteiger partial charge in [-0.25, -0.2) is 9.78 Å². The van der Waals surface area contributed by atoms with Gasteiger partial charge in [0.1, 0.15) is 5.69 Å². The fraction of sp³-hybridized carbons (Fsp3) is 0.450. The number of imide groups is 1. The molecule has 3 aliphatic rings. The van der Waals surface area contributed by atoms with Crippen LogP contribution < -0.4 is 15.5 Å². The van der Waals surface area contributed by atoms with Gasteiger partial charge in [0, 0.05) is 73.2 Å². The molecule has 0 unspecified atom stereocenters. The minimum Gasteiger partial charge on any atom is -0.386 e. The van der Waals surface area contributed by atoms with E-state index >= 15 is 0 Å². The smallest absolute Gasteiger partial charge is 0.328 e. The summed E-state index contributed by atoms with van der Waals surface area (Å²) in [5, 5.41) is 22.4. The molecule has 2 aromatic heterocycles. The Bertz CT molecular complexity index is 2080. The van der Waals surface area contributed by atoms with Crippen LogP contribution in [0.25, 0.3) is 10.9 Å². The number of pyridine rings is 1. The van der Waals surface area contributed by atoms with E-state index in [9.17, 15) is 24.3 Å². The highest BCUT2D eigenvalue weighted by atomic mass is 35.5. The van der Waals surface area contributed by atoms with Crippen LogP contribution in [-0.2, 0) is 10.4 Å². The molecule has 0 bridgehead atoms. The Hall–Kier alpha value is -4.85. The van der Waals surface area contributed by atoms with Crippen molar-refractivity contribution in [2.45, 2.75) is 70.9 Å². The second kappa shape index (κ2) is 15.5. The van der Waals surface area contributed by atoms with Gasteiger partial charge in [-0.05, 0) is 108 Å². The number of fused-ring (bicyclic) bond motifs is 1. The van der Waals surface area contributed by atoms with Crippen LogP contribution in [0.2, 0.25) is 5.02 Å². The molecule has 5 amide bonds. The zero-order valence-corrected chi connectivity index (χ0v) is 31.7. The number of urea groups is 1. The van der Waals surface area contributed by atoms with E-state index in [1.54, 1.807) is 44.2 Å². The van der Waals surface area contributed by atoms with Crippen molar-refractivity contribution in [1.82, 2.24) is 29.9 Å². The Labute approximate surface area is 319 Å². The molecule has 0 saturated carbocycles. The maximum Gasteiger partial charge on any atom is 0.328 e. The first-order valence-electron chi connectivity index (χ1n) is 18.8. The normalized spacial score (nSPS) is 17.9. The third-order valence-corrected chi connectivity index (χ3v) is 11.2. The molecule has 54 heavy (non-hydrogen) atoms. The Morgan fingerprint density at radius 1 is 1.00 bits per heavy atom. The molecule has 284 valence electrons. The Morgan fingerprint density at radius 2 is 1.76 bits per heavy atom. The van der Waals surface area contributed by atoms with Gasteiger partial charge in [-0.2, -0.15) is 5.10 Å². The third-order valence-electron chi connectivity index (χ3n) is 10.9. The summed E-state index contributed by atoms with van der Waals surface area (Å²) in [7, 11) is 0. The molecule has 3 saturated heterocycles. The van der Waals surface area contributed by atoms with Gasteiger partial charge in [0.2, 0.25) is 5.91 Å². The summed E-state index contributed by atoms with van der Waals surface area (Å²) < 4.78 is 2.04. The van der Waals surface area contributed by atoms with Crippen molar-refractivity contribution < 1.29 is 24.3 Å².